The van der Waals surface area contributed by atoms with Gasteiger partial charge in [-0.3, -0.25) is 4.79 Å². The van der Waals surface area contributed by atoms with E-state index in [4.69, 9.17) is 0 Å². The van der Waals surface area contributed by atoms with Gasteiger partial charge >= 0.3 is 0 Å². The van der Waals surface area contributed by atoms with Crippen molar-refractivity contribution in [3.05, 3.63) is 0 Å². The van der Waals surface area contributed by atoms with Gasteiger partial charge in [-0.15, -0.1) is 0 Å². The normalized spacial score (nSPS) is 24.1. The Bertz CT molecular complexity index is 317. The van der Waals surface area contributed by atoms with Crippen LogP contribution in [0.3, 0.4) is 0 Å². The lowest BCUT2D eigenvalue weighted by Crippen LogP contribution is -2.46. The first-order valence-electron chi connectivity index (χ1n) is 8.07. The van der Waals surface area contributed by atoms with E-state index in [-0.39, 0.29) is 11.9 Å². The second-order valence-electron chi connectivity index (χ2n) is 6.08. The van der Waals surface area contributed by atoms with E-state index in [1.54, 1.807) is 0 Å². The summed E-state index contributed by atoms with van der Waals surface area (Å²) in [5.74, 6) is -2.16. The maximum atomic E-state index is 12.2. The average molecular weight is 282 g/mol. The highest BCUT2D eigenvalue weighted by Gasteiger charge is 2.32. The summed E-state index contributed by atoms with van der Waals surface area (Å²) in [6, 6.07) is 0.128. The predicted molar refractivity (Wildman–Crippen MR) is 76.8 cm³/mol. The van der Waals surface area contributed by atoms with Gasteiger partial charge in [0.05, 0.1) is 0 Å². The minimum Gasteiger partial charge on any atom is -0.550 e. The molecule has 1 amide bonds. The maximum absolute atomic E-state index is 12.2. The van der Waals surface area contributed by atoms with Crippen LogP contribution in [-0.2, 0) is 9.59 Å². The molecular weight excluding hydrogens is 254 g/mol. The molecule has 1 aliphatic carbocycles. The summed E-state index contributed by atoms with van der Waals surface area (Å²) < 4.78 is 0. The molecule has 116 valence electrons. The van der Waals surface area contributed by atoms with Crippen LogP contribution >= 0.6 is 0 Å². The van der Waals surface area contributed by atoms with Gasteiger partial charge in [-0.05, 0) is 26.2 Å². The van der Waals surface area contributed by atoms with Gasteiger partial charge in [-0.1, -0.05) is 45.4 Å². The molecule has 0 bridgehead atoms. The molecule has 0 aromatic heterocycles. The van der Waals surface area contributed by atoms with Gasteiger partial charge in [-0.2, -0.15) is 0 Å². The first-order valence-corrected chi connectivity index (χ1v) is 8.07. The van der Waals surface area contributed by atoms with Gasteiger partial charge in [-0.25, -0.2) is 0 Å². The van der Waals surface area contributed by atoms with E-state index in [2.05, 4.69) is 12.2 Å². The van der Waals surface area contributed by atoms with Crippen LogP contribution in [0.1, 0.15) is 71.6 Å². The first kappa shape index (κ1) is 17.0. The number of carbonyl (C=O) groups excluding carboxylic acids is 2. The molecule has 0 radical (unpaired) electrons. The lowest BCUT2D eigenvalue weighted by Gasteiger charge is -2.32. The van der Waals surface area contributed by atoms with E-state index in [1.165, 1.54) is 19.3 Å². The molecule has 1 rings (SSSR count). The highest BCUT2D eigenvalue weighted by molar-refractivity contribution is 5.84. The van der Waals surface area contributed by atoms with Crippen LogP contribution < -0.4 is 10.4 Å². The summed E-state index contributed by atoms with van der Waals surface area (Å²) in [5, 5.41) is 14.1. The monoisotopic (exact) mass is 282 g/mol. The van der Waals surface area contributed by atoms with Crippen molar-refractivity contribution in [1.29, 1.82) is 0 Å². The topological polar surface area (TPSA) is 69.2 Å². The average Bonchev–Trinajstić information content (AvgIpc) is 2.43. The van der Waals surface area contributed by atoms with Crippen LogP contribution in [0.25, 0.3) is 0 Å². The smallest absolute Gasteiger partial charge is 0.223 e. The number of rotatable bonds is 8. The van der Waals surface area contributed by atoms with E-state index < -0.39 is 17.8 Å². The third kappa shape index (κ3) is 5.51. The minimum absolute atomic E-state index is 0.0955. The quantitative estimate of drug-likeness (QED) is 0.692. The predicted octanol–water partition coefficient (Wildman–Crippen LogP) is 2.02. The number of amides is 1. The molecule has 20 heavy (non-hydrogen) atoms. The van der Waals surface area contributed by atoms with E-state index in [1.807, 2.05) is 6.92 Å². The summed E-state index contributed by atoms with van der Waals surface area (Å²) >= 11 is 0. The lowest BCUT2D eigenvalue weighted by atomic mass is 9.78. The molecule has 0 aliphatic heterocycles. The molecule has 0 saturated heterocycles. The molecule has 1 fully saturated rings. The summed E-state index contributed by atoms with van der Waals surface area (Å²) in [6.45, 7) is 4.18. The highest BCUT2D eigenvalue weighted by atomic mass is 16.4. The second-order valence-corrected chi connectivity index (χ2v) is 6.08. The van der Waals surface area contributed by atoms with Gasteiger partial charge in [0.15, 0.2) is 0 Å². The number of carboxylic acids is 1. The summed E-state index contributed by atoms with van der Waals surface area (Å²) in [6.07, 6.45) is 8.78. The van der Waals surface area contributed by atoms with Crippen molar-refractivity contribution in [2.75, 3.05) is 0 Å². The molecular formula is C16H28NO3-. The van der Waals surface area contributed by atoms with Crippen LogP contribution in [0, 0.1) is 11.8 Å². The molecule has 1 N–H and O–H groups in total. The van der Waals surface area contributed by atoms with Crippen molar-refractivity contribution < 1.29 is 14.7 Å². The van der Waals surface area contributed by atoms with E-state index in [9.17, 15) is 14.7 Å². The fraction of sp³-hybridized carbons (Fsp3) is 0.875. The van der Waals surface area contributed by atoms with Gasteiger partial charge in [0.2, 0.25) is 5.91 Å². The Kier molecular flexibility index (Phi) is 7.63. The van der Waals surface area contributed by atoms with E-state index in [0.717, 1.165) is 25.7 Å². The zero-order chi connectivity index (χ0) is 15.0. The Morgan fingerprint density at radius 2 is 1.80 bits per heavy atom. The summed E-state index contributed by atoms with van der Waals surface area (Å²) in [5.41, 5.74) is 0. The third-order valence-electron chi connectivity index (χ3n) is 4.28. The Morgan fingerprint density at radius 1 is 1.15 bits per heavy atom. The highest BCUT2D eigenvalue weighted by Crippen LogP contribution is 2.30. The van der Waals surface area contributed by atoms with Crippen molar-refractivity contribution in [2.24, 2.45) is 11.8 Å². The maximum Gasteiger partial charge on any atom is 0.223 e. The summed E-state index contributed by atoms with van der Waals surface area (Å²) in [4.78, 5) is 23.3. The Hall–Kier alpha value is -1.06. The van der Waals surface area contributed by atoms with Crippen molar-refractivity contribution in [3.8, 4) is 0 Å². The lowest BCUT2D eigenvalue weighted by molar-refractivity contribution is -0.314. The second kappa shape index (κ2) is 8.98. The van der Waals surface area contributed by atoms with E-state index in [0.29, 0.717) is 12.8 Å². The number of carbonyl (C=O) groups is 2. The van der Waals surface area contributed by atoms with Crippen molar-refractivity contribution in [1.82, 2.24) is 5.32 Å². The van der Waals surface area contributed by atoms with Crippen LogP contribution in [0.5, 0.6) is 0 Å². The summed E-state index contributed by atoms with van der Waals surface area (Å²) in [7, 11) is 0. The zero-order valence-corrected chi connectivity index (χ0v) is 12.8. The molecule has 1 saturated carbocycles. The van der Waals surface area contributed by atoms with Crippen LogP contribution in [0.4, 0.5) is 0 Å². The molecule has 0 aromatic carbocycles. The molecule has 0 unspecified atom stereocenters. The van der Waals surface area contributed by atoms with Crippen molar-refractivity contribution >= 4 is 11.9 Å². The number of hydrogen-bond acceptors (Lipinski definition) is 3. The van der Waals surface area contributed by atoms with Gasteiger partial charge in [0.25, 0.3) is 0 Å². The minimum atomic E-state index is -1.07. The van der Waals surface area contributed by atoms with Crippen molar-refractivity contribution in [2.45, 2.75) is 77.7 Å². The molecule has 0 aromatic rings. The van der Waals surface area contributed by atoms with Gasteiger partial charge in [0, 0.05) is 23.8 Å². The number of unbranched alkanes of at least 4 members (excludes halogenated alkanes) is 3. The fourth-order valence-corrected chi connectivity index (χ4v) is 3.03. The molecule has 0 heterocycles. The molecule has 0 spiro atoms. The van der Waals surface area contributed by atoms with E-state index >= 15 is 0 Å². The zero-order valence-electron chi connectivity index (χ0n) is 12.8. The number of hydrogen-bond donors (Lipinski definition) is 1. The molecule has 4 nitrogen and oxygen atoms in total. The Balaban J connectivity index is 2.37. The molecule has 3 atom stereocenters. The van der Waals surface area contributed by atoms with Crippen LogP contribution in [-0.4, -0.2) is 17.9 Å². The largest absolute Gasteiger partial charge is 0.550 e. The van der Waals surface area contributed by atoms with Crippen LogP contribution in [0.15, 0.2) is 0 Å². The van der Waals surface area contributed by atoms with Gasteiger partial charge < -0.3 is 15.2 Å². The fourth-order valence-electron chi connectivity index (χ4n) is 3.03. The first-order chi connectivity index (χ1) is 9.56. The van der Waals surface area contributed by atoms with Gasteiger partial charge in [0.1, 0.15) is 0 Å². The third-order valence-corrected chi connectivity index (χ3v) is 4.28. The Labute approximate surface area is 122 Å². The number of carboxylic acid groups (broad SMARTS) is 1. The van der Waals surface area contributed by atoms with Crippen molar-refractivity contribution in [3.63, 3.8) is 0 Å². The Morgan fingerprint density at radius 3 is 2.40 bits per heavy atom. The molecule has 1 aliphatic rings. The molecule has 4 heteroatoms. The standard InChI is InChI=1S/C16H29NO3/c1-3-4-5-6-9-12(2)17-15(18)13-10-7-8-11-14(13)16(19)20/h12-14H,3-11H2,1-2H3,(H,17,18)(H,19,20)/p-1/t12-,13+,14-/m0/s1. The number of aliphatic carboxylic acids is 1. The SMILES string of the molecule is CCCCCC[C@H](C)NC(=O)[C@@H]1CCCC[C@@H]1C(=O)[O-]. The van der Waals surface area contributed by atoms with Crippen LogP contribution in [0.2, 0.25) is 0 Å². The number of nitrogens with one attached hydrogen (secondary N) is 1.